The molecule has 0 saturated heterocycles. The molecule has 0 fully saturated rings. The number of ether oxygens (including phenoxy) is 1. The van der Waals surface area contributed by atoms with Crippen molar-refractivity contribution in [3.8, 4) is 11.8 Å². The van der Waals surface area contributed by atoms with Gasteiger partial charge in [-0.15, -0.1) is 0 Å². The number of benzene rings is 1. The first-order valence-electron chi connectivity index (χ1n) is 3.25. The van der Waals surface area contributed by atoms with Crippen LogP contribution in [0.1, 0.15) is 5.56 Å². The largest absolute Gasteiger partial charge is 0.464 e. The normalized spacial score (nSPS) is 8.67. The molecule has 0 amide bonds. The lowest BCUT2D eigenvalue weighted by molar-refractivity contribution is 0.482. The van der Waals surface area contributed by atoms with Gasteiger partial charge in [0.1, 0.15) is 17.4 Å². The lowest BCUT2D eigenvalue weighted by atomic mass is 10.2. The molecule has 1 rings (SSSR count). The van der Waals surface area contributed by atoms with E-state index in [4.69, 9.17) is 21.6 Å². The van der Waals surface area contributed by atoms with E-state index in [0.717, 1.165) is 0 Å². The molecule has 0 unspecified atom stereocenters. The highest BCUT2D eigenvalue weighted by Gasteiger charge is 2.05. The second-order valence-corrected chi connectivity index (χ2v) is 2.42. The summed E-state index contributed by atoms with van der Waals surface area (Å²) in [7, 11) is 0. The topological polar surface area (TPSA) is 33.0 Å². The monoisotopic (exact) mass is 179 g/mol. The number of hydrogen-bond acceptors (Lipinski definition) is 2. The molecule has 0 aliphatic rings. The Morgan fingerprint density at radius 3 is 2.92 bits per heavy atom. The minimum absolute atomic E-state index is 0.332. The maximum absolute atomic E-state index is 8.68. The summed E-state index contributed by atoms with van der Waals surface area (Å²) in [6.07, 6.45) is 1.26. The van der Waals surface area contributed by atoms with E-state index in [0.29, 0.717) is 16.3 Å². The van der Waals surface area contributed by atoms with E-state index in [-0.39, 0.29) is 0 Å². The Labute approximate surface area is 75.6 Å². The standard InChI is InChI=1S/C9H6ClNO/c1-2-12-9-5-3-4-8(10)7(9)6-11/h2-5H,1H2. The van der Waals surface area contributed by atoms with Gasteiger partial charge in [0.2, 0.25) is 0 Å². The average molecular weight is 180 g/mol. The third-order valence-corrected chi connectivity index (χ3v) is 1.61. The summed E-state index contributed by atoms with van der Waals surface area (Å²) in [5.74, 6) is 0.431. The molecule has 0 aliphatic carbocycles. The van der Waals surface area contributed by atoms with Crippen LogP contribution < -0.4 is 4.74 Å². The van der Waals surface area contributed by atoms with Gasteiger partial charge in [0.05, 0.1) is 11.3 Å². The lowest BCUT2D eigenvalue weighted by Crippen LogP contribution is -1.86. The van der Waals surface area contributed by atoms with E-state index in [1.54, 1.807) is 18.2 Å². The number of nitriles is 1. The third-order valence-electron chi connectivity index (χ3n) is 1.30. The Bertz CT molecular complexity index is 341. The van der Waals surface area contributed by atoms with E-state index >= 15 is 0 Å². The lowest BCUT2D eigenvalue weighted by Gasteiger charge is -2.02. The Hall–Kier alpha value is -1.46. The van der Waals surface area contributed by atoms with E-state index < -0.39 is 0 Å². The van der Waals surface area contributed by atoms with Gasteiger partial charge in [-0.25, -0.2) is 0 Å². The molecule has 0 atom stereocenters. The van der Waals surface area contributed by atoms with Crippen LogP contribution in [0.15, 0.2) is 31.0 Å². The van der Waals surface area contributed by atoms with Crippen LogP contribution in [0.4, 0.5) is 0 Å². The van der Waals surface area contributed by atoms with E-state index in [9.17, 15) is 0 Å². The highest BCUT2D eigenvalue weighted by atomic mass is 35.5. The van der Waals surface area contributed by atoms with E-state index in [2.05, 4.69) is 6.58 Å². The van der Waals surface area contributed by atoms with E-state index in [1.807, 2.05) is 6.07 Å². The van der Waals surface area contributed by atoms with Crippen molar-refractivity contribution in [2.45, 2.75) is 0 Å². The van der Waals surface area contributed by atoms with Crippen molar-refractivity contribution in [3.63, 3.8) is 0 Å². The van der Waals surface area contributed by atoms with Crippen LogP contribution in [0.25, 0.3) is 0 Å². The molecule has 12 heavy (non-hydrogen) atoms. The molecule has 0 N–H and O–H groups in total. The molecule has 0 radical (unpaired) electrons. The molecule has 60 valence electrons. The number of halogens is 1. The fraction of sp³-hybridized carbons (Fsp3) is 0. The predicted molar refractivity (Wildman–Crippen MR) is 47.0 cm³/mol. The Kier molecular flexibility index (Phi) is 2.73. The van der Waals surface area contributed by atoms with Crippen LogP contribution in [-0.2, 0) is 0 Å². The quantitative estimate of drug-likeness (QED) is 0.654. The summed E-state index contributed by atoms with van der Waals surface area (Å²) < 4.78 is 4.97. The van der Waals surface area contributed by atoms with Crippen molar-refractivity contribution >= 4 is 11.6 Å². The molecule has 0 spiro atoms. The molecule has 0 bridgehead atoms. The van der Waals surface area contributed by atoms with Gasteiger partial charge in [-0.1, -0.05) is 24.2 Å². The molecule has 0 heterocycles. The number of hydrogen-bond donors (Lipinski definition) is 0. The van der Waals surface area contributed by atoms with Gasteiger partial charge in [0.25, 0.3) is 0 Å². The summed E-state index contributed by atoms with van der Waals surface area (Å²) in [6.45, 7) is 3.39. The van der Waals surface area contributed by atoms with Crippen molar-refractivity contribution in [1.82, 2.24) is 0 Å². The first-order chi connectivity index (χ1) is 5.79. The second-order valence-electron chi connectivity index (χ2n) is 2.01. The minimum atomic E-state index is 0.332. The summed E-state index contributed by atoms with van der Waals surface area (Å²) in [4.78, 5) is 0. The maximum Gasteiger partial charge on any atom is 0.145 e. The minimum Gasteiger partial charge on any atom is -0.464 e. The van der Waals surface area contributed by atoms with Gasteiger partial charge in [0, 0.05) is 0 Å². The highest BCUT2D eigenvalue weighted by Crippen LogP contribution is 2.25. The zero-order valence-electron chi connectivity index (χ0n) is 6.25. The molecule has 3 heteroatoms. The van der Waals surface area contributed by atoms with Crippen LogP contribution in [0.5, 0.6) is 5.75 Å². The number of rotatable bonds is 2. The summed E-state index contributed by atoms with van der Waals surface area (Å²) in [5, 5.41) is 9.06. The van der Waals surface area contributed by atoms with Crippen LogP contribution >= 0.6 is 11.6 Å². The van der Waals surface area contributed by atoms with Crippen molar-refractivity contribution in [3.05, 3.63) is 41.6 Å². The Balaban J connectivity index is 3.20. The van der Waals surface area contributed by atoms with Crippen LogP contribution in [-0.4, -0.2) is 0 Å². The summed E-state index contributed by atoms with van der Waals surface area (Å²) in [6, 6.07) is 6.95. The summed E-state index contributed by atoms with van der Waals surface area (Å²) in [5.41, 5.74) is 0.332. The number of nitrogens with zero attached hydrogens (tertiary/aromatic N) is 1. The molecule has 1 aromatic carbocycles. The molecular weight excluding hydrogens is 174 g/mol. The predicted octanol–water partition coefficient (Wildman–Crippen LogP) is 2.73. The van der Waals surface area contributed by atoms with Crippen molar-refractivity contribution in [2.75, 3.05) is 0 Å². The van der Waals surface area contributed by atoms with Gasteiger partial charge in [-0.05, 0) is 12.1 Å². The van der Waals surface area contributed by atoms with Gasteiger partial charge in [-0.3, -0.25) is 0 Å². The third kappa shape index (κ3) is 1.58. The molecule has 0 aliphatic heterocycles. The molecule has 0 saturated carbocycles. The van der Waals surface area contributed by atoms with Crippen molar-refractivity contribution < 1.29 is 4.74 Å². The van der Waals surface area contributed by atoms with Gasteiger partial charge >= 0.3 is 0 Å². The molecular formula is C9H6ClNO. The van der Waals surface area contributed by atoms with Gasteiger partial charge in [0.15, 0.2) is 0 Å². The maximum atomic E-state index is 8.68. The Morgan fingerprint density at radius 2 is 2.33 bits per heavy atom. The first-order valence-corrected chi connectivity index (χ1v) is 3.63. The first kappa shape index (κ1) is 8.63. The van der Waals surface area contributed by atoms with Crippen LogP contribution in [0.2, 0.25) is 5.02 Å². The molecule has 2 nitrogen and oxygen atoms in total. The molecule has 0 aromatic heterocycles. The second kappa shape index (κ2) is 3.80. The average Bonchev–Trinajstić information content (AvgIpc) is 2.05. The van der Waals surface area contributed by atoms with Gasteiger partial charge in [-0.2, -0.15) is 5.26 Å². The zero-order valence-corrected chi connectivity index (χ0v) is 7.01. The van der Waals surface area contributed by atoms with Gasteiger partial charge < -0.3 is 4.74 Å². The summed E-state index contributed by atoms with van der Waals surface area (Å²) >= 11 is 5.73. The van der Waals surface area contributed by atoms with Crippen LogP contribution in [0.3, 0.4) is 0 Å². The zero-order chi connectivity index (χ0) is 8.97. The molecule has 1 aromatic rings. The Morgan fingerprint density at radius 1 is 1.58 bits per heavy atom. The fourth-order valence-corrected chi connectivity index (χ4v) is 1.01. The van der Waals surface area contributed by atoms with Crippen molar-refractivity contribution in [1.29, 1.82) is 5.26 Å². The highest BCUT2D eigenvalue weighted by molar-refractivity contribution is 6.31. The smallest absolute Gasteiger partial charge is 0.145 e. The van der Waals surface area contributed by atoms with Crippen molar-refractivity contribution in [2.24, 2.45) is 0 Å². The van der Waals surface area contributed by atoms with Crippen LogP contribution in [0, 0.1) is 11.3 Å². The SMILES string of the molecule is C=COc1cccc(Cl)c1C#N. The fourth-order valence-electron chi connectivity index (χ4n) is 0.801. The van der Waals surface area contributed by atoms with E-state index in [1.165, 1.54) is 6.26 Å².